The molecule has 0 bridgehead atoms. The lowest BCUT2D eigenvalue weighted by Gasteiger charge is -2.17. The van der Waals surface area contributed by atoms with Crippen molar-refractivity contribution in [3.8, 4) is 11.5 Å². The van der Waals surface area contributed by atoms with Crippen molar-refractivity contribution in [1.29, 1.82) is 0 Å². The van der Waals surface area contributed by atoms with E-state index in [1.165, 1.54) is 0 Å². The third kappa shape index (κ3) is 5.46. The number of nitrogens with zero attached hydrogens (tertiary/aromatic N) is 2. The number of aromatic nitrogens is 1. The number of carboxylic acids is 1. The highest BCUT2D eigenvalue weighted by Crippen LogP contribution is 2.22. The van der Waals surface area contributed by atoms with Crippen LogP contribution in [0.1, 0.15) is 18.4 Å². The molecular weight excluding hydrogens is 308 g/mol. The van der Waals surface area contributed by atoms with Gasteiger partial charge < -0.3 is 19.5 Å². The maximum atomic E-state index is 10.4. The van der Waals surface area contributed by atoms with Gasteiger partial charge in [0.2, 0.25) is 0 Å². The van der Waals surface area contributed by atoms with Crippen LogP contribution in [-0.4, -0.2) is 36.8 Å². The molecule has 1 aromatic carbocycles. The Labute approximate surface area is 141 Å². The first-order valence-corrected chi connectivity index (χ1v) is 7.74. The minimum Gasteiger partial charge on any atom is -0.494 e. The lowest BCUT2D eigenvalue weighted by atomic mass is 10.2. The Balaban J connectivity index is 1.85. The van der Waals surface area contributed by atoms with Crippen molar-refractivity contribution in [2.75, 3.05) is 25.6 Å². The zero-order valence-electron chi connectivity index (χ0n) is 13.9. The predicted molar refractivity (Wildman–Crippen MR) is 91.7 cm³/mol. The first-order valence-electron chi connectivity index (χ1n) is 7.74. The van der Waals surface area contributed by atoms with E-state index < -0.39 is 5.97 Å². The Morgan fingerprint density at radius 3 is 2.42 bits per heavy atom. The Bertz CT molecular complexity index is 656. The van der Waals surface area contributed by atoms with E-state index in [4.69, 9.17) is 14.6 Å². The van der Waals surface area contributed by atoms with Crippen molar-refractivity contribution in [3.05, 3.63) is 48.3 Å². The van der Waals surface area contributed by atoms with Crippen LogP contribution < -0.4 is 14.4 Å². The van der Waals surface area contributed by atoms with Gasteiger partial charge in [0.15, 0.2) is 0 Å². The van der Waals surface area contributed by atoms with Crippen LogP contribution in [0.5, 0.6) is 11.5 Å². The highest BCUT2D eigenvalue weighted by Gasteiger charge is 2.05. The summed E-state index contributed by atoms with van der Waals surface area (Å²) in [6.45, 7) is 0.814. The second-order valence-electron chi connectivity index (χ2n) is 5.50. The summed E-state index contributed by atoms with van der Waals surface area (Å²) in [4.78, 5) is 16.6. The maximum absolute atomic E-state index is 10.4. The van der Waals surface area contributed by atoms with Gasteiger partial charge in [0, 0.05) is 44.2 Å². The van der Waals surface area contributed by atoms with E-state index in [-0.39, 0.29) is 6.42 Å². The summed E-state index contributed by atoms with van der Waals surface area (Å²) in [6.07, 6.45) is 4.16. The average Bonchev–Trinajstić information content (AvgIpc) is 2.58. The van der Waals surface area contributed by atoms with Crippen molar-refractivity contribution in [3.63, 3.8) is 0 Å². The van der Waals surface area contributed by atoms with Gasteiger partial charge >= 0.3 is 5.97 Å². The van der Waals surface area contributed by atoms with Gasteiger partial charge in [-0.25, -0.2) is 0 Å². The molecule has 0 amide bonds. The van der Waals surface area contributed by atoms with Gasteiger partial charge in [-0.2, -0.15) is 0 Å². The minimum absolute atomic E-state index is 0.112. The van der Waals surface area contributed by atoms with Crippen LogP contribution in [0, 0.1) is 0 Å². The number of anilines is 1. The number of hydrogen-bond acceptors (Lipinski definition) is 5. The number of rotatable bonds is 9. The predicted octanol–water partition coefficient (Wildman–Crippen LogP) is 2.97. The number of benzene rings is 1. The molecule has 1 heterocycles. The van der Waals surface area contributed by atoms with Crippen LogP contribution >= 0.6 is 0 Å². The summed E-state index contributed by atoms with van der Waals surface area (Å²) in [5.41, 5.74) is 2.08. The largest absolute Gasteiger partial charge is 0.494 e. The van der Waals surface area contributed by atoms with Crippen LogP contribution in [0.15, 0.2) is 42.7 Å². The van der Waals surface area contributed by atoms with Gasteiger partial charge in [-0.15, -0.1) is 0 Å². The molecule has 0 saturated carbocycles. The second-order valence-corrected chi connectivity index (χ2v) is 5.50. The normalized spacial score (nSPS) is 10.2. The van der Waals surface area contributed by atoms with Crippen molar-refractivity contribution in [2.24, 2.45) is 0 Å². The number of hydrogen-bond donors (Lipinski definition) is 1. The van der Waals surface area contributed by atoms with Crippen LogP contribution in [-0.2, 0) is 11.4 Å². The summed E-state index contributed by atoms with van der Waals surface area (Å²) in [6, 6.07) is 9.24. The molecule has 6 heteroatoms. The summed E-state index contributed by atoms with van der Waals surface area (Å²) < 4.78 is 11.3. The second kappa shape index (κ2) is 8.76. The van der Waals surface area contributed by atoms with Gasteiger partial charge in [0.1, 0.15) is 18.1 Å². The van der Waals surface area contributed by atoms with Gasteiger partial charge in [-0.05, 0) is 36.8 Å². The Morgan fingerprint density at radius 2 is 1.79 bits per heavy atom. The van der Waals surface area contributed by atoms with E-state index in [0.717, 1.165) is 17.0 Å². The lowest BCUT2D eigenvalue weighted by Crippen LogP contribution is -2.12. The van der Waals surface area contributed by atoms with E-state index in [1.807, 2.05) is 49.3 Å². The third-order valence-corrected chi connectivity index (χ3v) is 3.38. The fraction of sp³-hybridized carbons (Fsp3) is 0.333. The Kier molecular flexibility index (Phi) is 6.42. The fourth-order valence-corrected chi connectivity index (χ4v) is 2.17. The van der Waals surface area contributed by atoms with Crippen molar-refractivity contribution in [1.82, 2.24) is 4.98 Å². The van der Waals surface area contributed by atoms with E-state index >= 15 is 0 Å². The van der Waals surface area contributed by atoms with Gasteiger partial charge in [-0.3, -0.25) is 9.78 Å². The van der Waals surface area contributed by atoms with Crippen molar-refractivity contribution < 1.29 is 19.4 Å². The molecule has 0 aliphatic heterocycles. The first-order chi connectivity index (χ1) is 11.6. The molecule has 1 N–H and O–H groups in total. The molecular formula is C18H22N2O4. The average molecular weight is 330 g/mol. The molecule has 2 aromatic rings. The molecule has 0 saturated heterocycles. The highest BCUT2D eigenvalue weighted by atomic mass is 16.5. The fourth-order valence-electron chi connectivity index (χ4n) is 2.17. The molecule has 0 spiro atoms. The van der Waals surface area contributed by atoms with Crippen molar-refractivity contribution in [2.45, 2.75) is 19.4 Å². The number of aliphatic carboxylic acids is 1. The number of carboxylic acid groups (broad SMARTS) is 1. The molecule has 0 atom stereocenters. The molecule has 2 rings (SSSR count). The summed E-state index contributed by atoms with van der Waals surface area (Å²) >= 11 is 0. The number of carbonyl (C=O) groups is 1. The molecule has 1 aromatic heterocycles. The number of pyridine rings is 1. The van der Waals surface area contributed by atoms with Crippen LogP contribution in [0.25, 0.3) is 0 Å². The third-order valence-electron chi connectivity index (χ3n) is 3.38. The van der Waals surface area contributed by atoms with Crippen LogP contribution in [0.2, 0.25) is 0 Å². The van der Waals surface area contributed by atoms with Crippen LogP contribution in [0.3, 0.4) is 0 Å². The lowest BCUT2D eigenvalue weighted by molar-refractivity contribution is -0.137. The smallest absolute Gasteiger partial charge is 0.303 e. The first kappa shape index (κ1) is 17.6. The topological polar surface area (TPSA) is 71.9 Å². The standard InChI is InChI=1S/C18H22N2O4/c1-20(2)17-9-10-19-12-14(17)13-24-16-7-5-15(6-8-16)23-11-3-4-18(21)22/h5-10,12H,3-4,11,13H2,1-2H3,(H,21,22). The SMILES string of the molecule is CN(C)c1ccncc1COc1ccc(OCCCC(=O)O)cc1. The van der Waals surface area contributed by atoms with E-state index in [9.17, 15) is 4.79 Å². The molecule has 0 unspecified atom stereocenters. The van der Waals surface area contributed by atoms with Gasteiger partial charge in [0.25, 0.3) is 0 Å². The Hall–Kier alpha value is -2.76. The summed E-state index contributed by atoms with van der Waals surface area (Å²) in [5, 5.41) is 8.57. The summed E-state index contributed by atoms with van der Waals surface area (Å²) in [5.74, 6) is 0.624. The molecule has 0 radical (unpaired) electrons. The maximum Gasteiger partial charge on any atom is 0.303 e. The zero-order chi connectivity index (χ0) is 17.4. The quantitative estimate of drug-likeness (QED) is 0.713. The van der Waals surface area contributed by atoms with E-state index in [0.29, 0.717) is 25.4 Å². The minimum atomic E-state index is -0.810. The monoisotopic (exact) mass is 330 g/mol. The highest BCUT2D eigenvalue weighted by molar-refractivity contribution is 5.66. The van der Waals surface area contributed by atoms with E-state index in [1.54, 1.807) is 12.4 Å². The van der Waals surface area contributed by atoms with Gasteiger partial charge in [-0.1, -0.05) is 0 Å². The Morgan fingerprint density at radius 1 is 1.12 bits per heavy atom. The molecule has 24 heavy (non-hydrogen) atoms. The van der Waals surface area contributed by atoms with Crippen LogP contribution in [0.4, 0.5) is 5.69 Å². The molecule has 0 aliphatic carbocycles. The molecule has 6 nitrogen and oxygen atoms in total. The molecule has 0 fully saturated rings. The molecule has 0 aliphatic rings. The molecule has 128 valence electrons. The van der Waals surface area contributed by atoms with Crippen molar-refractivity contribution >= 4 is 11.7 Å². The summed E-state index contributed by atoms with van der Waals surface area (Å²) in [7, 11) is 3.96. The number of ether oxygens (including phenoxy) is 2. The zero-order valence-corrected chi connectivity index (χ0v) is 13.9. The van der Waals surface area contributed by atoms with E-state index in [2.05, 4.69) is 4.98 Å². The van der Waals surface area contributed by atoms with Gasteiger partial charge in [0.05, 0.1) is 6.61 Å².